The van der Waals surface area contributed by atoms with Gasteiger partial charge in [0, 0.05) is 19.4 Å². The van der Waals surface area contributed by atoms with Gasteiger partial charge in [-0.2, -0.15) is 10.4 Å². The lowest BCUT2D eigenvalue weighted by Crippen LogP contribution is -2.13. The fraction of sp³-hybridized carbons (Fsp3) is 0.100. The molecule has 0 radical (unpaired) electrons. The van der Waals surface area contributed by atoms with Crippen LogP contribution in [-0.4, -0.2) is 23.2 Å². The molecule has 8 heteroatoms. The second kappa shape index (κ2) is 4.46. The Morgan fingerprint density at radius 3 is 2.67 bits per heavy atom. The molecule has 0 atom stereocenters. The molecule has 92 valence electrons. The van der Waals surface area contributed by atoms with Crippen LogP contribution < -0.4 is 4.72 Å². The average Bonchev–Trinajstić information content (AvgIpc) is 2.77. The van der Waals surface area contributed by atoms with Crippen LogP contribution in [-0.2, 0) is 17.1 Å². The van der Waals surface area contributed by atoms with Gasteiger partial charge in [-0.3, -0.25) is 9.40 Å². The summed E-state index contributed by atoms with van der Waals surface area (Å²) in [6.45, 7) is 0. The maximum absolute atomic E-state index is 11.9. The minimum Gasteiger partial charge on any atom is -0.274 e. The Labute approximate surface area is 104 Å². The van der Waals surface area contributed by atoms with Crippen molar-refractivity contribution in [1.29, 1.82) is 5.26 Å². The zero-order valence-electron chi connectivity index (χ0n) is 9.40. The Bertz CT molecular complexity index is 697. The number of pyridine rings is 1. The molecule has 0 saturated carbocycles. The number of hydrogen-bond donors (Lipinski definition) is 1. The zero-order valence-corrected chi connectivity index (χ0v) is 10.2. The predicted octanol–water partition coefficient (Wildman–Crippen LogP) is 0.488. The predicted molar refractivity (Wildman–Crippen MR) is 63.0 cm³/mol. The van der Waals surface area contributed by atoms with Gasteiger partial charge in [-0.15, -0.1) is 0 Å². The Morgan fingerprint density at radius 2 is 2.17 bits per heavy atom. The molecule has 0 aliphatic heterocycles. The van der Waals surface area contributed by atoms with Gasteiger partial charge in [0.2, 0.25) is 0 Å². The highest BCUT2D eigenvalue weighted by atomic mass is 32.2. The molecule has 0 fully saturated rings. The van der Waals surface area contributed by atoms with Crippen LogP contribution in [0.25, 0.3) is 0 Å². The van der Waals surface area contributed by atoms with E-state index in [-0.39, 0.29) is 10.7 Å². The summed E-state index contributed by atoms with van der Waals surface area (Å²) in [5.74, 6) is 0.151. The number of aryl methyl sites for hydroxylation is 1. The van der Waals surface area contributed by atoms with Crippen LogP contribution in [0.1, 0.15) is 5.56 Å². The number of nitriles is 1. The summed E-state index contributed by atoms with van der Waals surface area (Å²) >= 11 is 0. The summed E-state index contributed by atoms with van der Waals surface area (Å²) in [6.07, 6.45) is 3.92. The highest BCUT2D eigenvalue weighted by Gasteiger charge is 2.16. The van der Waals surface area contributed by atoms with E-state index in [1.165, 1.54) is 35.4 Å². The van der Waals surface area contributed by atoms with E-state index in [0.717, 1.165) is 0 Å². The summed E-state index contributed by atoms with van der Waals surface area (Å²) in [6, 6.07) is 4.80. The molecule has 1 N–H and O–H groups in total. The quantitative estimate of drug-likeness (QED) is 0.868. The fourth-order valence-electron chi connectivity index (χ4n) is 1.25. The Balaban J connectivity index is 2.25. The van der Waals surface area contributed by atoms with Crippen LogP contribution in [0.15, 0.2) is 35.6 Å². The molecule has 18 heavy (non-hydrogen) atoms. The van der Waals surface area contributed by atoms with Crippen molar-refractivity contribution < 1.29 is 8.42 Å². The molecule has 2 heterocycles. The molecule has 0 aromatic carbocycles. The van der Waals surface area contributed by atoms with Crippen LogP contribution in [0.3, 0.4) is 0 Å². The van der Waals surface area contributed by atoms with Crippen molar-refractivity contribution in [3.8, 4) is 6.07 Å². The van der Waals surface area contributed by atoms with Gasteiger partial charge in [-0.25, -0.2) is 13.4 Å². The van der Waals surface area contributed by atoms with Gasteiger partial charge in [0.15, 0.2) is 0 Å². The first-order valence-electron chi connectivity index (χ1n) is 4.89. The Kier molecular flexibility index (Phi) is 2.99. The van der Waals surface area contributed by atoms with Gasteiger partial charge in [0.25, 0.3) is 10.0 Å². The maximum Gasteiger partial charge on any atom is 0.266 e. The van der Waals surface area contributed by atoms with E-state index in [9.17, 15) is 8.42 Å². The third kappa shape index (κ3) is 2.46. The van der Waals surface area contributed by atoms with E-state index in [1.54, 1.807) is 7.05 Å². The van der Waals surface area contributed by atoms with E-state index in [1.807, 2.05) is 6.07 Å². The number of hydrogen-bond acceptors (Lipinski definition) is 5. The highest BCUT2D eigenvalue weighted by molar-refractivity contribution is 7.92. The van der Waals surface area contributed by atoms with E-state index in [4.69, 9.17) is 5.26 Å². The third-order valence-corrected chi connectivity index (χ3v) is 3.43. The van der Waals surface area contributed by atoms with Gasteiger partial charge in [0.1, 0.15) is 16.8 Å². The van der Waals surface area contributed by atoms with Gasteiger partial charge in [0.05, 0.1) is 11.8 Å². The number of nitrogens with zero attached hydrogens (tertiary/aromatic N) is 4. The average molecular weight is 263 g/mol. The summed E-state index contributed by atoms with van der Waals surface area (Å²) in [7, 11) is -2.07. The van der Waals surface area contributed by atoms with Gasteiger partial charge in [-0.05, 0) is 12.1 Å². The lowest BCUT2D eigenvalue weighted by Gasteiger charge is -2.04. The van der Waals surface area contributed by atoms with Crippen molar-refractivity contribution in [1.82, 2.24) is 14.8 Å². The van der Waals surface area contributed by atoms with Crippen LogP contribution in [0.5, 0.6) is 0 Å². The summed E-state index contributed by atoms with van der Waals surface area (Å²) in [5, 5.41) is 12.4. The normalized spacial score (nSPS) is 10.9. The molecular formula is C10H9N5O2S. The third-order valence-electron chi connectivity index (χ3n) is 2.12. The molecule has 0 saturated heterocycles. The Hall–Kier alpha value is -2.40. The molecule has 2 aromatic rings. The molecule has 0 bridgehead atoms. The lowest BCUT2D eigenvalue weighted by atomic mass is 10.3. The van der Waals surface area contributed by atoms with Crippen LogP contribution in [0, 0.1) is 11.3 Å². The topological polar surface area (TPSA) is 101 Å². The number of rotatable bonds is 3. The maximum atomic E-state index is 11.9. The SMILES string of the molecule is Cn1cc(S(=O)(=O)Nc2ccc(C#N)cn2)cn1. The van der Waals surface area contributed by atoms with Crippen molar-refractivity contribution in [2.45, 2.75) is 4.90 Å². The monoisotopic (exact) mass is 263 g/mol. The summed E-state index contributed by atoms with van der Waals surface area (Å²) < 4.78 is 27.5. The second-order valence-electron chi connectivity index (χ2n) is 3.50. The molecular weight excluding hydrogens is 254 g/mol. The molecule has 0 aliphatic carbocycles. The van der Waals surface area contributed by atoms with Crippen LogP contribution in [0.4, 0.5) is 5.82 Å². The number of sulfonamides is 1. The summed E-state index contributed by atoms with van der Waals surface area (Å²) in [5.41, 5.74) is 0.360. The summed E-state index contributed by atoms with van der Waals surface area (Å²) in [4.78, 5) is 3.88. The van der Waals surface area contributed by atoms with E-state index < -0.39 is 10.0 Å². The fourth-order valence-corrected chi connectivity index (χ4v) is 2.25. The van der Waals surface area contributed by atoms with Crippen molar-refractivity contribution in [3.05, 3.63) is 36.3 Å². The van der Waals surface area contributed by atoms with Crippen molar-refractivity contribution >= 4 is 15.8 Å². The molecule has 0 aliphatic rings. The first-order valence-corrected chi connectivity index (χ1v) is 6.37. The molecule has 2 rings (SSSR count). The highest BCUT2D eigenvalue weighted by Crippen LogP contribution is 2.13. The first-order chi connectivity index (χ1) is 8.51. The standard InChI is InChI=1S/C10H9N5O2S/c1-15-7-9(6-13-15)18(16,17)14-10-3-2-8(4-11)5-12-10/h2-3,5-7H,1H3,(H,12,14). The van der Waals surface area contributed by atoms with Crippen LogP contribution >= 0.6 is 0 Å². The van der Waals surface area contributed by atoms with Gasteiger partial charge in [-0.1, -0.05) is 0 Å². The molecule has 0 spiro atoms. The lowest BCUT2D eigenvalue weighted by molar-refractivity contribution is 0.601. The van der Waals surface area contributed by atoms with Gasteiger partial charge >= 0.3 is 0 Å². The Morgan fingerprint density at radius 1 is 1.39 bits per heavy atom. The first kappa shape index (κ1) is 12.1. The number of anilines is 1. The number of aromatic nitrogens is 3. The van der Waals surface area contributed by atoms with Crippen molar-refractivity contribution in [2.24, 2.45) is 7.05 Å². The van der Waals surface area contributed by atoms with Crippen LogP contribution in [0.2, 0.25) is 0 Å². The minimum absolute atomic E-state index is 0.0520. The smallest absolute Gasteiger partial charge is 0.266 e. The number of nitrogens with one attached hydrogen (secondary N) is 1. The largest absolute Gasteiger partial charge is 0.274 e. The van der Waals surface area contributed by atoms with E-state index in [2.05, 4.69) is 14.8 Å². The van der Waals surface area contributed by atoms with Crippen molar-refractivity contribution in [3.63, 3.8) is 0 Å². The molecule has 0 amide bonds. The molecule has 0 unspecified atom stereocenters. The molecule has 2 aromatic heterocycles. The minimum atomic E-state index is -3.69. The van der Waals surface area contributed by atoms with E-state index in [0.29, 0.717) is 5.56 Å². The van der Waals surface area contributed by atoms with Gasteiger partial charge < -0.3 is 0 Å². The second-order valence-corrected chi connectivity index (χ2v) is 5.18. The zero-order chi connectivity index (χ0) is 13.2. The van der Waals surface area contributed by atoms with E-state index >= 15 is 0 Å². The van der Waals surface area contributed by atoms with Crippen molar-refractivity contribution in [2.75, 3.05) is 4.72 Å². The molecule has 7 nitrogen and oxygen atoms in total.